The summed E-state index contributed by atoms with van der Waals surface area (Å²) >= 11 is 0. The maximum Gasteiger partial charge on any atom is 0.0928 e. The van der Waals surface area contributed by atoms with E-state index in [9.17, 15) is 5.11 Å². The minimum atomic E-state index is -0.378. The number of nitrogens with zero attached hydrogens (tertiary/aromatic N) is 2. The Morgan fingerprint density at radius 1 is 1.47 bits per heavy atom. The van der Waals surface area contributed by atoms with Gasteiger partial charge in [0.05, 0.1) is 17.1 Å². The molecule has 2 fully saturated rings. The minimum Gasteiger partial charge on any atom is -0.387 e. The molecule has 1 N–H and O–H groups in total. The van der Waals surface area contributed by atoms with Crippen molar-refractivity contribution in [3.63, 3.8) is 0 Å². The highest BCUT2D eigenvalue weighted by Gasteiger charge is 2.51. The van der Waals surface area contributed by atoms with Crippen LogP contribution in [-0.4, -0.2) is 35.2 Å². The van der Waals surface area contributed by atoms with Crippen LogP contribution in [0.4, 0.5) is 0 Å². The molecule has 0 radical (unpaired) electrons. The van der Waals surface area contributed by atoms with E-state index in [-0.39, 0.29) is 11.0 Å². The fourth-order valence-electron chi connectivity index (χ4n) is 2.26. The summed E-state index contributed by atoms with van der Waals surface area (Å²) in [5.74, 6) is 0.567. The molecule has 0 atom stereocenters. The van der Waals surface area contributed by atoms with Gasteiger partial charge in [-0.15, -0.1) is 0 Å². The van der Waals surface area contributed by atoms with Crippen molar-refractivity contribution in [2.45, 2.75) is 38.7 Å². The van der Waals surface area contributed by atoms with Gasteiger partial charge in [-0.25, -0.2) is 0 Å². The van der Waals surface area contributed by atoms with Crippen LogP contribution in [0.5, 0.6) is 0 Å². The summed E-state index contributed by atoms with van der Waals surface area (Å²) in [7, 11) is 0. The van der Waals surface area contributed by atoms with E-state index in [0.717, 1.165) is 26.1 Å². The molecular weight excluding hydrogens is 188 g/mol. The Kier molecular flexibility index (Phi) is 2.52. The molecule has 0 unspecified atom stereocenters. The predicted molar refractivity (Wildman–Crippen MR) is 58.1 cm³/mol. The number of nitriles is 1. The fourth-order valence-corrected chi connectivity index (χ4v) is 2.26. The lowest BCUT2D eigenvalue weighted by Gasteiger charge is -2.47. The van der Waals surface area contributed by atoms with Gasteiger partial charge in [-0.1, -0.05) is 0 Å². The van der Waals surface area contributed by atoms with E-state index < -0.39 is 0 Å². The topological polar surface area (TPSA) is 47.3 Å². The first-order valence-electron chi connectivity index (χ1n) is 5.81. The summed E-state index contributed by atoms with van der Waals surface area (Å²) in [5, 5.41) is 19.0. The summed E-state index contributed by atoms with van der Waals surface area (Å²) in [4.78, 5) is 2.26. The number of hydrogen-bond acceptors (Lipinski definition) is 3. The smallest absolute Gasteiger partial charge is 0.0928 e. The molecule has 3 nitrogen and oxygen atoms in total. The second-order valence-corrected chi connectivity index (χ2v) is 5.83. The molecule has 84 valence electrons. The Labute approximate surface area is 91.7 Å². The van der Waals surface area contributed by atoms with Gasteiger partial charge >= 0.3 is 0 Å². The van der Waals surface area contributed by atoms with E-state index in [2.05, 4.69) is 11.0 Å². The number of β-amino-alcohol motifs (C(OH)–C–C–N with tert-alkyl or cyclic N) is 1. The summed E-state index contributed by atoms with van der Waals surface area (Å²) in [5.41, 5.74) is -0.607. The van der Waals surface area contributed by atoms with Crippen LogP contribution < -0.4 is 0 Å². The molecule has 2 rings (SSSR count). The highest BCUT2D eigenvalue weighted by Crippen LogP contribution is 2.44. The summed E-state index contributed by atoms with van der Waals surface area (Å²) < 4.78 is 0. The zero-order chi connectivity index (χ0) is 11.1. The van der Waals surface area contributed by atoms with Crippen molar-refractivity contribution in [1.82, 2.24) is 4.90 Å². The van der Waals surface area contributed by atoms with Crippen LogP contribution >= 0.6 is 0 Å². The van der Waals surface area contributed by atoms with Crippen LogP contribution in [0, 0.1) is 22.7 Å². The molecule has 0 aromatic rings. The van der Waals surface area contributed by atoms with Crippen molar-refractivity contribution in [2.24, 2.45) is 11.3 Å². The third kappa shape index (κ3) is 2.32. The van der Waals surface area contributed by atoms with E-state index in [1.54, 1.807) is 0 Å². The average Bonchev–Trinajstić information content (AvgIpc) is 2.94. The Morgan fingerprint density at radius 3 is 2.53 bits per heavy atom. The number of hydrogen-bond donors (Lipinski definition) is 1. The molecule has 1 aliphatic carbocycles. The van der Waals surface area contributed by atoms with E-state index in [1.807, 2.05) is 13.8 Å². The standard InChI is InChI=1S/C12H20N2O/c1-11(2,7-13)5-6-14-8-12(15,9-14)10-3-4-10/h10,15H,3-6,8-9H2,1-2H3. The van der Waals surface area contributed by atoms with Gasteiger partial charge < -0.3 is 5.11 Å². The van der Waals surface area contributed by atoms with Crippen molar-refractivity contribution >= 4 is 0 Å². The lowest BCUT2D eigenvalue weighted by Crippen LogP contribution is -2.63. The van der Waals surface area contributed by atoms with Crippen molar-refractivity contribution in [1.29, 1.82) is 5.26 Å². The van der Waals surface area contributed by atoms with Crippen LogP contribution in [0.1, 0.15) is 33.1 Å². The Bertz CT molecular complexity index is 282. The van der Waals surface area contributed by atoms with Gasteiger partial charge in [-0.05, 0) is 45.6 Å². The van der Waals surface area contributed by atoms with Crippen LogP contribution in [0.2, 0.25) is 0 Å². The Balaban J connectivity index is 1.70. The molecule has 15 heavy (non-hydrogen) atoms. The highest BCUT2D eigenvalue weighted by molar-refractivity contribution is 5.05. The molecule has 1 saturated carbocycles. The van der Waals surface area contributed by atoms with Crippen molar-refractivity contribution in [3.05, 3.63) is 0 Å². The van der Waals surface area contributed by atoms with Gasteiger partial charge in [0.25, 0.3) is 0 Å². The largest absolute Gasteiger partial charge is 0.387 e. The van der Waals surface area contributed by atoms with E-state index in [1.165, 1.54) is 12.8 Å². The van der Waals surface area contributed by atoms with Crippen LogP contribution in [0.25, 0.3) is 0 Å². The molecule has 0 amide bonds. The number of rotatable bonds is 4. The third-order valence-electron chi connectivity index (χ3n) is 3.69. The molecule has 0 aromatic heterocycles. The molecule has 1 saturated heterocycles. The maximum atomic E-state index is 10.1. The summed E-state index contributed by atoms with van der Waals surface area (Å²) in [6, 6.07) is 2.31. The van der Waals surface area contributed by atoms with Crippen molar-refractivity contribution in [3.8, 4) is 6.07 Å². The highest BCUT2D eigenvalue weighted by atomic mass is 16.3. The second kappa shape index (κ2) is 3.47. The lowest BCUT2D eigenvalue weighted by atomic mass is 9.86. The van der Waals surface area contributed by atoms with Crippen molar-refractivity contribution in [2.75, 3.05) is 19.6 Å². The average molecular weight is 208 g/mol. The van der Waals surface area contributed by atoms with Gasteiger partial charge in [0.1, 0.15) is 0 Å². The number of aliphatic hydroxyl groups is 1. The minimum absolute atomic E-state index is 0.229. The van der Waals surface area contributed by atoms with Crippen LogP contribution in [0.3, 0.4) is 0 Å². The monoisotopic (exact) mass is 208 g/mol. The Morgan fingerprint density at radius 2 is 2.07 bits per heavy atom. The quantitative estimate of drug-likeness (QED) is 0.759. The van der Waals surface area contributed by atoms with Gasteiger partial charge in [-0.2, -0.15) is 5.26 Å². The zero-order valence-corrected chi connectivity index (χ0v) is 9.66. The first kappa shape index (κ1) is 10.9. The van der Waals surface area contributed by atoms with Crippen LogP contribution in [-0.2, 0) is 0 Å². The van der Waals surface area contributed by atoms with Crippen LogP contribution in [0.15, 0.2) is 0 Å². The third-order valence-corrected chi connectivity index (χ3v) is 3.69. The molecule has 0 bridgehead atoms. The van der Waals surface area contributed by atoms with Crippen molar-refractivity contribution < 1.29 is 5.11 Å². The SMILES string of the molecule is CC(C)(C#N)CCN1CC(O)(C2CC2)C1. The fraction of sp³-hybridized carbons (Fsp3) is 0.917. The first-order chi connectivity index (χ1) is 6.95. The van der Waals surface area contributed by atoms with E-state index in [4.69, 9.17) is 5.26 Å². The molecule has 3 heteroatoms. The molecule has 1 aliphatic heterocycles. The summed E-state index contributed by atoms with van der Waals surface area (Å²) in [6.07, 6.45) is 3.30. The maximum absolute atomic E-state index is 10.1. The molecule has 0 spiro atoms. The molecule has 2 aliphatic rings. The molecule has 0 aromatic carbocycles. The van der Waals surface area contributed by atoms with Gasteiger partial charge in [0.15, 0.2) is 0 Å². The molecular formula is C12H20N2O. The summed E-state index contributed by atoms with van der Waals surface area (Å²) in [6.45, 7) is 6.52. The van der Waals surface area contributed by atoms with Gasteiger partial charge in [0, 0.05) is 13.1 Å². The molecule has 1 heterocycles. The normalized spacial score (nSPS) is 25.7. The van der Waals surface area contributed by atoms with E-state index in [0.29, 0.717) is 5.92 Å². The van der Waals surface area contributed by atoms with Gasteiger partial charge in [0.2, 0.25) is 0 Å². The second-order valence-electron chi connectivity index (χ2n) is 5.83. The van der Waals surface area contributed by atoms with E-state index >= 15 is 0 Å². The van der Waals surface area contributed by atoms with Gasteiger partial charge in [-0.3, -0.25) is 4.90 Å². The zero-order valence-electron chi connectivity index (χ0n) is 9.66. The number of likely N-dealkylation sites (tertiary alicyclic amines) is 1. The predicted octanol–water partition coefficient (Wildman–Crippen LogP) is 1.38. The first-order valence-corrected chi connectivity index (χ1v) is 5.81. The Hall–Kier alpha value is -0.590. The lowest BCUT2D eigenvalue weighted by molar-refractivity contribution is -0.114.